The summed E-state index contributed by atoms with van der Waals surface area (Å²) in [6.07, 6.45) is 5.31. The Morgan fingerprint density at radius 2 is 2.32 bits per heavy atom. The van der Waals surface area contributed by atoms with Crippen molar-refractivity contribution < 1.29 is 4.74 Å². The molecule has 122 valence electrons. The Hall–Kier alpha value is -1.60. The number of morpholine rings is 1. The monoisotopic (exact) mass is 306 g/mol. The average Bonchev–Trinajstić information content (AvgIpc) is 2.92. The lowest BCUT2D eigenvalue weighted by Gasteiger charge is -2.35. The SMILES string of the molecule is CN=C(NCCN1CCC1)N1CCOC(c2cnn(C)c2)C1. The van der Waals surface area contributed by atoms with Crippen LogP contribution >= 0.6 is 0 Å². The van der Waals surface area contributed by atoms with Crippen molar-refractivity contribution in [2.75, 3.05) is 52.9 Å². The smallest absolute Gasteiger partial charge is 0.193 e. The van der Waals surface area contributed by atoms with Crippen LogP contribution in [0, 0.1) is 0 Å². The Morgan fingerprint density at radius 1 is 1.45 bits per heavy atom. The highest BCUT2D eigenvalue weighted by molar-refractivity contribution is 5.80. The lowest BCUT2D eigenvalue weighted by atomic mass is 10.1. The van der Waals surface area contributed by atoms with E-state index in [1.807, 2.05) is 31.2 Å². The average molecular weight is 306 g/mol. The van der Waals surface area contributed by atoms with Gasteiger partial charge in [0.25, 0.3) is 0 Å². The highest BCUT2D eigenvalue weighted by Gasteiger charge is 2.25. The predicted octanol–water partition coefficient (Wildman–Crippen LogP) is 0.0745. The predicted molar refractivity (Wildman–Crippen MR) is 85.9 cm³/mol. The zero-order valence-electron chi connectivity index (χ0n) is 13.5. The highest BCUT2D eigenvalue weighted by atomic mass is 16.5. The minimum Gasteiger partial charge on any atom is -0.370 e. The van der Waals surface area contributed by atoms with E-state index in [0.717, 1.165) is 37.7 Å². The molecule has 0 bridgehead atoms. The molecule has 0 spiro atoms. The van der Waals surface area contributed by atoms with E-state index in [1.54, 1.807) is 0 Å². The second kappa shape index (κ2) is 7.11. The quantitative estimate of drug-likeness (QED) is 0.630. The molecule has 0 aromatic carbocycles. The normalized spacial score (nSPS) is 23.5. The summed E-state index contributed by atoms with van der Waals surface area (Å²) in [7, 11) is 3.78. The number of nitrogens with one attached hydrogen (secondary N) is 1. The van der Waals surface area contributed by atoms with Gasteiger partial charge in [-0.3, -0.25) is 9.67 Å². The summed E-state index contributed by atoms with van der Waals surface area (Å²) < 4.78 is 7.70. The van der Waals surface area contributed by atoms with E-state index in [9.17, 15) is 0 Å². The van der Waals surface area contributed by atoms with Gasteiger partial charge < -0.3 is 19.9 Å². The molecule has 2 aliphatic heterocycles. The van der Waals surface area contributed by atoms with Crippen LogP contribution in [0.3, 0.4) is 0 Å². The number of likely N-dealkylation sites (tertiary alicyclic amines) is 1. The van der Waals surface area contributed by atoms with Gasteiger partial charge >= 0.3 is 0 Å². The Morgan fingerprint density at radius 3 is 2.95 bits per heavy atom. The van der Waals surface area contributed by atoms with E-state index in [1.165, 1.54) is 19.5 Å². The number of aliphatic imine (C=N–C) groups is 1. The second-order valence-corrected chi connectivity index (χ2v) is 5.92. The van der Waals surface area contributed by atoms with Crippen LogP contribution in [0.1, 0.15) is 18.1 Å². The molecule has 1 aromatic heterocycles. The van der Waals surface area contributed by atoms with Crippen LogP contribution < -0.4 is 5.32 Å². The van der Waals surface area contributed by atoms with Gasteiger partial charge in [0.05, 0.1) is 19.3 Å². The van der Waals surface area contributed by atoms with Crippen molar-refractivity contribution >= 4 is 5.96 Å². The number of hydrogen-bond acceptors (Lipinski definition) is 4. The molecule has 0 amide bonds. The molecule has 3 heterocycles. The van der Waals surface area contributed by atoms with Crippen LogP contribution in [0.4, 0.5) is 0 Å². The molecular weight excluding hydrogens is 280 g/mol. The van der Waals surface area contributed by atoms with Crippen molar-refractivity contribution in [3.05, 3.63) is 18.0 Å². The third-order valence-electron chi connectivity index (χ3n) is 4.33. The molecule has 0 aliphatic carbocycles. The minimum atomic E-state index is 0.0661. The summed E-state index contributed by atoms with van der Waals surface area (Å²) in [4.78, 5) is 9.15. The number of aryl methyl sites for hydroxylation is 1. The fourth-order valence-corrected chi connectivity index (χ4v) is 2.91. The second-order valence-electron chi connectivity index (χ2n) is 5.92. The molecule has 1 aromatic rings. The zero-order valence-corrected chi connectivity index (χ0v) is 13.5. The molecule has 0 saturated carbocycles. The van der Waals surface area contributed by atoms with Gasteiger partial charge in [-0.05, 0) is 19.5 Å². The number of hydrogen-bond donors (Lipinski definition) is 1. The van der Waals surface area contributed by atoms with Crippen LogP contribution in [0.2, 0.25) is 0 Å². The van der Waals surface area contributed by atoms with Crippen LogP contribution in [0.25, 0.3) is 0 Å². The van der Waals surface area contributed by atoms with Crippen molar-refractivity contribution in [3.63, 3.8) is 0 Å². The van der Waals surface area contributed by atoms with Gasteiger partial charge in [0.1, 0.15) is 6.10 Å². The number of nitrogens with zero attached hydrogens (tertiary/aromatic N) is 5. The van der Waals surface area contributed by atoms with Gasteiger partial charge in [-0.2, -0.15) is 5.10 Å². The first-order valence-corrected chi connectivity index (χ1v) is 8.04. The molecule has 1 atom stereocenters. The van der Waals surface area contributed by atoms with Gasteiger partial charge in [-0.25, -0.2) is 0 Å². The van der Waals surface area contributed by atoms with Crippen molar-refractivity contribution in [1.29, 1.82) is 0 Å². The molecule has 2 saturated heterocycles. The van der Waals surface area contributed by atoms with Gasteiger partial charge in [0.15, 0.2) is 5.96 Å². The molecular formula is C15H26N6O. The Balaban J connectivity index is 1.52. The standard InChI is InChI=1S/C15H26N6O/c1-16-15(17-4-7-20-5-3-6-20)21-8-9-22-14(12-21)13-10-18-19(2)11-13/h10-11,14H,3-9,12H2,1-2H3,(H,16,17). The van der Waals surface area contributed by atoms with E-state index < -0.39 is 0 Å². The van der Waals surface area contributed by atoms with Crippen molar-refractivity contribution in [1.82, 2.24) is 24.9 Å². The van der Waals surface area contributed by atoms with Gasteiger partial charge in [-0.1, -0.05) is 0 Å². The molecule has 1 unspecified atom stereocenters. The molecule has 7 heteroatoms. The van der Waals surface area contributed by atoms with E-state index in [0.29, 0.717) is 6.61 Å². The van der Waals surface area contributed by atoms with Gasteiger partial charge in [0.2, 0.25) is 0 Å². The maximum absolute atomic E-state index is 5.89. The number of guanidine groups is 1. The Labute approximate surface area is 131 Å². The largest absolute Gasteiger partial charge is 0.370 e. The zero-order chi connectivity index (χ0) is 15.4. The third-order valence-corrected chi connectivity index (χ3v) is 4.33. The van der Waals surface area contributed by atoms with E-state index >= 15 is 0 Å². The fraction of sp³-hybridized carbons (Fsp3) is 0.733. The molecule has 22 heavy (non-hydrogen) atoms. The lowest BCUT2D eigenvalue weighted by Crippen LogP contribution is -2.50. The number of ether oxygens (including phenoxy) is 1. The van der Waals surface area contributed by atoms with Gasteiger partial charge in [0, 0.05) is 45.5 Å². The Kier molecular flexibility index (Phi) is 4.94. The summed E-state index contributed by atoms with van der Waals surface area (Å²) in [6.45, 7) is 6.92. The third kappa shape index (κ3) is 3.59. The van der Waals surface area contributed by atoms with Crippen LogP contribution in [-0.2, 0) is 11.8 Å². The molecule has 0 radical (unpaired) electrons. The van der Waals surface area contributed by atoms with E-state index in [2.05, 4.69) is 25.2 Å². The maximum atomic E-state index is 5.89. The van der Waals surface area contributed by atoms with E-state index in [-0.39, 0.29) is 6.10 Å². The van der Waals surface area contributed by atoms with Gasteiger partial charge in [-0.15, -0.1) is 0 Å². The first kappa shape index (κ1) is 15.3. The van der Waals surface area contributed by atoms with Crippen molar-refractivity contribution in [3.8, 4) is 0 Å². The first-order valence-electron chi connectivity index (χ1n) is 8.04. The molecule has 3 rings (SSSR count). The van der Waals surface area contributed by atoms with Crippen LogP contribution in [0.5, 0.6) is 0 Å². The summed E-state index contributed by atoms with van der Waals surface area (Å²) >= 11 is 0. The van der Waals surface area contributed by atoms with Crippen LogP contribution in [-0.4, -0.2) is 78.5 Å². The molecule has 2 fully saturated rings. The number of aromatic nitrogens is 2. The van der Waals surface area contributed by atoms with Crippen molar-refractivity contribution in [2.45, 2.75) is 12.5 Å². The highest BCUT2D eigenvalue weighted by Crippen LogP contribution is 2.21. The topological polar surface area (TPSA) is 57.9 Å². The molecule has 2 aliphatic rings. The summed E-state index contributed by atoms with van der Waals surface area (Å²) in [5.74, 6) is 0.970. The van der Waals surface area contributed by atoms with E-state index in [4.69, 9.17) is 4.74 Å². The summed E-state index contributed by atoms with van der Waals surface area (Å²) in [5.41, 5.74) is 1.13. The molecule has 7 nitrogen and oxygen atoms in total. The summed E-state index contributed by atoms with van der Waals surface area (Å²) in [6, 6.07) is 0. The number of rotatable bonds is 4. The minimum absolute atomic E-state index is 0.0661. The first-order chi connectivity index (χ1) is 10.8. The summed E-state index contributed by atoms with van der Waals surface area (Å²) in [5, 5.41) is 7.71. The lowest BCUT2D eigenvalue weighted by molar-refractivity contribution is -0.00807. The maximum Gasteiger partial charge on any atom is 0.193 e. The fourth-order valence-electron chi connectivity index (χ4n) is 2.91. The Bertz CT molecular complexity index is 510. The molecule has 1 N–H and O–H groups in total. The van der Waals surface area contributed by atoms with Crippen LogP contribution in [0.15, 0.2) is 17.4 Å². The van der Waals surface area contributed by atoms with Crippen molar-refractivity contribution in [2.24, 2.45) is 12.0 Å².